The average Bonchev–Trinajstić information content (AvgIpc) is 2.30. The molecule has 9 heteroatoms. The summed E-state index contributed by atoms with van der Waals surface area (Å²) in [6.07, 6.45) is 3.34. The van der Waals surface area contributed by atoms with Crippen LogP contribution in [0, 0.1) is 21.6 Å². The third-order valence-corrected chi connectivity index (χ3v) is 2.86. The summed E-state index contributed by atoms with van der Waals surface area (Å²) in [5.41, 5.74) is -0.364. The Morgan fingerprint density at radius 1 is 1.61 bits per heavy atom. The molecule has 6 nitrogen and oxygen atoms in total. The minimum Gasteiger partial charge on any atom is -0.271 e. The fourth-order valence-corrected chi connectivity index (χ4v) is 1.93. The summed E-state index contributed by atoms with van der Waals surface area (Å²) in [4.78, 5) is 14.2. The van der Waals surface area contributed by atoms with Crippen LogP contribution in [0.3, 0.4) is 0 Å². The van der Waals surface area contributed by atoms with E-state index in [0.29, 0.717) is 0 Å². The summed E-state index contributed by atoms with van der Waals surface area (Å²) < 4.78 is 0. The topological polar surface area (TPSA) is 91.3 Å². The van der Waals surface area contributed by atoms with Gasteiger partial charge in [0.15, 0.2) is 17.0 Å². The molecule has 0 amide bonds. The number of amidine groups is 1. The molecule has 0 radical (unpaired) electrons. The van der Waals surface area contributed by atoms with Crippen molar-refractivity contribution in [3.05, 3.63) is 32.3 Å². The molecule has 0 unspecified atom stereocenters. The van der Waals surface area contributed by atoms with Gasteiger partial charge in [0.1, 0.15) is 0 Å². The molecule has 0 spiro atoms. The van der Waals surface area contributed by atoms with Crippen molar-refractivity contribution < 1.29 is 4.92 Å². The number of nitrogens with one attached hydrogen (secondary N) is 1. The normalized spacial score (nSPS) is 10.9. The predicted octanol–water partition coefficient (Wildman–Crippen LogP) is 3.32. The largest absolute Gasteiger partial charge is 0.297 e. The number of hydrogen-bond acceptors (Lipinski definition) is 5. The third-order valence-electron chi connectivity index (χ3n) is 1.77. The Bertz CT molecular complexity index is 556. The summed E-state index contributed by atoms with van der Waals surface area (Å²) in [7, 11) is 0. The molecule has 0 bridgehead atoms. The Morgan fingerprint density at radius 2 is 2.28 bits per heavy atom. The highest BCUT2D eigenvalue weighted by Crippen LogP contribution is 2.38. The molecule has 0 aliphatic carbocycles. The van der Waals surface area contributed by atoms with Crippen LogP contribution in [0.1, 0.15) is 0 Å². The lowest BCUT2D eigenvalue weighted by Gasteiger charge is -2.03. The first-order valence-electron chi connectivity index (χ1n) is 4.40. The van der Waals surface area contributed by atoms with Gasteiger partial charge >= 0.3 is 0 Å². The quantitative estimate of drug-likeness (QED) is 0.226. The van der Waals surface area contributed by atoms with Crippen LogP contribution in [0.25, 0.3) is 0 Å². The fraction of sp³-hybridized carbons (Fsp3) is 0.111. The maximum absolute atomic E-state index is 10.9. The van der Waals surface area contributed by atoms with Crippen LogP contribution in [0.2, 0.25) is 10.0 Å². The van der Waals surface area contributed by atoms with Crippen LogP contribution in [0.4, 0.5) is 11.4 Å². The van der Waals surface area contributed by atoms with Crippen LogP contribution in [0.5, 0.6) is 0 Å². The number of rotatable bonds is 2. The number of nitro benzene ring substituents is 1. The van der Waals surface area contributed by atoms with Gasteiger partial charge < -0.3 is 0 Å². The highest BCUT2D eigenvalue weighted by Gasteiger charge is 2.19. The van der Waals surface area contributed by atoms with Crippen molar-refractivity contribution in [2.45, 2.75) is 0 Å². The highest BCUT2D eigenvalue weighted by molar-refractivity contribution is 8.13. The molecular weight excluding hydrogens is 299 g/mol. The Morgan fingerprint density at radius 3 is 2.78 bits per heavy atom. The molecule has 1 aromatic rings. The van der Waals surface area contributed by atoms with E-state index in [9.17, 15) is 10.1 Å². The van der Waals surface area contributed by atoms with Gasteiger partial charge in [-0.3, -0.25) is 15.4 Å². The van der Waals surface area contributed by atoms with E-state index >= 15 is 0 Å². The summed E-state index contributed by atoms with van der Waals surface area (Å²) >= 11 is 12.7. The van der Waals surface area contributed by atoms with Crippen LogP contribution >= 0.6 is 35.0 Å². The summed E-state index contributed by atoms with van der Waals surface area (Å²) in [6.45, 7) is 0. The average molecular weight is 305 g/mol. The van der Waals surface area contributed by atoms with Gasteiger partial charge in [-0.15, -0.1) is 0 Å². The van der Waals surface area contributed by atoms with Gasteiger partial charge in [0.05, 0.1) is 9.95 Å². The first-order chi connectivity index (χ1) is 8.49. The minimum absolute atomic E-state index is 0.0421. The van der Waals surface area contributed by atoms with Gasteiger partial charge in [0.25, 0.3) is 5.69 Å². The number of nitriles is 1. The lowest BCUT2D eigenvalue weighted by molar-refractivity contribution is -0.384. The predicted molar refractivity (Wildman–Crippen MR) is 72.5 cm³/mol. The molecule has 94 valence electrons. The molecule has 0 atom stereocenters. The molecular formula is C9H6Cl2N4O2S. The van der Waals surface area contributed by atoms with Gasteiger partial charge in [-0.1, -0.05) is 35.0 Å². The Balaban J connectivity index is 3.39. The molecule has 0 aromatic heterocycles. The van der Waals surface area contributed by atoms with E-state index in [4.69, 9.17) is 28.5 Å². The molecule has 1 aromatic carbocycles. The van der Waals surface area contributed by atoms with Crippen molar-refractivity contribution in [1.29, 1.82) is 5.26 Å². The molecule has 0 heterocycles. The van der Waals surface area contributed by atoms with Gasteiger partial charge in [0, 0.05) is 11.1 Å². The molecule has 18 heavy (non-hydrogen) atoms. The fourth-order valence-electron chi connectivity index (χ4n) is 1.08. The van der Waals surface area contributed by atoms with E-state index in [0.717, 1.165) is 17.8 Å². The number of benzene rings is 1. The second kappa shape index (κ2) is 6.44. The maximum Gasteiger partial charge on any atom is 0.297 e. The van der Waals surface area contributed by atoms with E-state index in [1.54, 1.807) is 12.4 Å². The summed E-state index contributed by atoms with van der Waals surface area (Å²) in [6, 6.07) is 2.50. The second-order valence-corrected chi connectivity index (χ2v) is 4.51. The van der Waals surface area contributed by atoms with Crippen LogP contribution in [-0.2, 0) is 0 Å². The number of aliphatic imine (C=N–C) groups is 1. The molecule has 0 aliphatic rings. The zero-order chi connectivity index (χ0) is 13.7. The number of halogens is 2. The van der Waals surface area contributed by atoms with Crippen molar-refractivity contribution >= 4 is 51.5 Å². The first kappa shape index (κ1) is 14.6. The van der Waals surface area contributed by atoms with Crippen LogP contribution in [-0.4, -0.2) is 16.3 Å². The van der Waals surface area contributed by atoms with Crippen LogP contribution < -0.4 is 5.32 Å². The van der Waals surface area contributed by atoms with Crippen molar-refractivity contribution in [2.75, 3.05) is 6.26 Å². The third kappa shape index (κ3) is 3.50. The molecule has 0 fully saturated rings. The van der Waals surface area contributed by atoms with E-state index in [1.165, 1.54) is 6.07 Å². The lowest BCUT2D eigenvalue weighted by Crippen LogP contribution is -2.12. The molecule has 1 rings (SSSR count). The first-order valence-corrected chi connectivity index (χ1v) is 6.39. The van der Waals surface area contributed by atoms with Crippen molar-refractivity contribution in [3.8, 4) is 6.19 Å². The number of hydrogen-bond donors (Lipinski definition) is 1. The molecule has 0 aliphatic heterocycles. The van der Waals surface area contributed by atoms with Crippen LogP contribution in [0.15, 0.2) is 17.1 Å². The van der Waals surface area contributed by atoms with Gasteiger partial charge in [-0.05, 0) is 12.3 Å². The summed E-state index contributed by atoms with van der Waals surface area (Å²) in [5, 5.41) is 22.1. The van der Waals surface area contributed by atoms with Gasteiger partial charge in [0.2, 0.25) is 0 Å². The zero-order valence-electron chi connectivity index (χ0n) is 8.98. The van der Waals surface area contributed by atoms with E-state index in [-0.39, 0.29) is 26.6 Å². The minimum atomic E-state index is -0.638. The van der Waals surface area contributed by atoms with Gasteiger partial charge in [-0.2, -0.15) is 5.26 Å². The standard InChI is InChI=1S/C9H6Cl2N4O2S/c1-18-9(13-4-12)14-8-6(11)2-5(10)3-7(8)15(16)17/h2-3H,1H3,(H,13,14). The van der Waals surface area contributed by atoms with Gasteiger partial charge in [-0.25, -0.2) is 4.99 Å². The number of nitro groups is 1. The smallest absolute Gasteiger partial charge is 0.271 e. The molecule has 0 saturated carbocycles. The SMILES string of the molecule is CSC(=Nc1c(Cl)cc(Cl)cc1[N+](=O)[O-])NC#N. The Hall–Kier alpha value is -1.49. The Labute approximate surface area is 117 Å². The maximum atomic E-state index is 10.9. The number of nitrogens with zero attached hydrogens (tertiary/aromatic N) is 3. The second-order valence-electron chi connectivity index (χ2n) is 2.87. The van der Waals surface area contributed by atoms with Crippen molar-refractivity contribution in [3.63, 3.8) is 0 Å². The summed E-state index contributed by atoms with van der Waals surface area (Å²) in [5.74, 6) is 0. The highest BCUT2D eigenvalue weighted by atomic mass is 35.5. The monoisotopic (exact) mass is 304 g/mol. The van der Waals surface area contributed by atoms with E-state index in [2.05, 4.69) is 10.3 Å². The van der Waals surface area contributed by atoms with E-state index in [1.807, 2.05) is 0 Å². The zero-order valence-corrected chi connectivity index (χ0v) is 11.3. The molecule has 1 N–H and O–H groups in total. The van der Waals surface area contributed by atoms with Crippen molar-refractivity contribution in [1.82, 2.24) is 5.32 Å². The lowest BCUT2D eigenvalue weighted by atomic mass is 10.3. The Kier molecular flexibility index (Phi) is 5.22. The van der Waals surface area contributed by atoms with Crippen molar-refractivity contribution in [2.24, 2.45) is 4.99 Å². The molecule has 0 saturated heterocycles. The number of thioether (sulfide) groups is 1. The van der Waals surface area contributed by atoms with E-state index < -0.39 is 4.92 Å².